The number of phosphoric ester groups is 2. The van der Waals surface area contributed by atoms with E-state index >= 15 is 0 Å². The SMILES string of the molecule is CCC(C)CCCCCCCCCCCCCCCCCCCCC(=O)O[C@H](COC(=O)CCCCCCCCCCCCCCCCCCCCC(C)C)COP(=O)(O)OCC(O)COP(=O)(O)OC[C@@H](COC(=O)CCCCCCCCCC(C)C)OC(=O)CCCCCCCCCCC(C)C. The first kappa shape index (κ1) is 102. The van der Waals surface area contributed by atoms with E-state index in [1.807, 2.05) is 0 Å². The van der Waals surface area contributed by atoms with Gasteiger partial charge in [-0.2, -0.15) is 0 Å². The fourth-order valence-electron chi connectivity index (χ4n) is 13.1. The highest BCUT2D eigenvalue weighted by Crippen LogP contribution is 2.45. The Bertz CT molecular complexity index is 2030. The lowest BCUT2D eigenvalue weighted by Crippen LogP contribution is -2.30. The van der Waals surface area contributed by atoms with Gasteiger partial charge in [-0.05, 0) is 49.4 Å². The average Bonchev–Trinajstić information content (AvgIpc) is 0.921. The molecule has 0 aliphatic heterocycles. The fraction of sp³-hybridized carbons (Fsp3) is 0.953. The van der Waals surface area contributed by atoms with Crippen molar-refractivity contribution in [3.8, 4) is 0 Å². The van der Waals surface area contributed by atoms with E-state index < -0.39 is 97.5 Å². The average molecular weight is 1520 g/mol. The molecule has 0 saturated carbocycles. The molecule has 6 atom stereocenters. The van der Waals surface area contributed by atoms with Crippen molar-refractivity contribution < 1.29 is 80.2 Å². The molecule has 618 valence electrons. The molecule has 0 spiro atoms. The minimum absolute atomic E-state index is 0.104. The fourth-order valence-corrected chi connectivity index (χ4v) is 14.7. The highest BCUT2D eigenvalue weighted by Gasteiger charge is 2.30. The van der Waals surface area contributed by atoms with Crippen molar-refractivity contribution in [1.29, 1.82) is 0 Å². The predicted molar refractivity (Wildman–Crippen MR) is 428 cm³/mol. The van der Waals surface area contributed by atoms with Crippen LogP contribution >= 0.6 is 15.6 Å². The minimum Gasteiger partial charge on any atom is -0.462 e. The highest BCUT2D eigenvalue weighted by molar-refractivity contribution is 7.47. The topological polar surface area (TPSA) is 237 Å². The number of carbonyl (C=O) groups excluding carboxylic acids is 4. The molecule has 0 fully saturated rings. The Morgan fingerprint density at radius 3 is 0.683 bits per heavy atom. The van der Waals surface area contributed by atoms with Gasteiger partial charge in [0.2, 0.25) is 0 Å². The van der Waals surface area contributed by atoms with Crippen LogP contribution in [0.15, 0.2) is 0 Å². The van der Waals surface area contributed by atoms with Gasteiger partial charge in [-0.3, -0.25) is 37.3 Å². The number of hydrogen-bond acceptors (Lipinski definition) is 15. The van der Waals surface area contributed by atoms with Crippen LogP contribution in [0.25, 0.3) is 0 Å². The predicted octanol–water partition coefficient (Wildman–Crippen LogP) is 25.6. The molecule has 0 aromatic heterocycles. The van der Waals surface area contributed by atoms with Gasteiger partial charge < -0.3 is 33.8 Å². The number of phosphoric acid groups is 2. The van der Waals surface area contributed by atoms with Crippen LogP contribution in [0.4, 0.5) is 0 Å². The van der Waals surface area contributed by atoms with Crippen molar-refractivity contribution in [3.05, 3.63) is 0 Å². The first-order valence-corrected chi connectivity index (χ1v) is 46.7. The van der Waals surface area contributed by atoms with Crippen molar-refractivity contribution in [1.82, 2.24) is 0 Å². The van der Waals surface area contributed by atoms with Crippen LogP contribution in [0.3, 0.4) is 0 Å². The first-order chi connectivity index (χ1) is 50.1. The van der Waals surface area contributed by atoms with E-state index in [0.717, 1.165) is 114 Å². The molecule has 0 saturated heterocycles. The monoisotopic (exact) mass is 1520 g/mol. The van der Waals surface area contributed by atoms with Crippen molar-refractivity contribution in [2.45, 2.75) is 459 Å². The second-order valence-corrected chi connectivity index (χ2v) is 35.2. The Hall–Kier alpha value is -1.94. The summed E-state index contributed by atoms with van der Waals surface area (Å²) in [6.45, 7) is 14.3. The molecule has 0 bridgehead atoms. The third kappa shape index (κ3) is 76.8. The molecular formula is C85H166O17P2. The van der Waals surface area contributed by atoms with Crippen LogP contribution in [0.1, 0.15) is 441 Å². The molecule has 0 amide bonds. The van der Waals surface area contributed by atoms with E-state index in [1.54, 1.807) is 0 Å². The van der Waals surface area contributed by atoms with Crippen LogP contribution in [-0.2, 0) is 65.4 Å². The van der Waals surface area contributed by atoms with Crippen LogP contribution in [-0.4, -0.2) is 96.7 Å². The summed E-state index contributed by atoms with van der Waals surface area (Å²) in [5, 5.41) is 10.7. The van der Waals surface area contributed by atoms with Gasteiger partial charge >= 0.3 is 39.5 Å². The number of rotatable bonds is 82. The van der Waals surface area contributed by atoms with Crippen molar-refractivity contribution in [2.75, 3.05) is 39.6 Å². The summed E-state index contributed by atoms with van der Waals surface area (Å²) in [6.07, 6.45) is 62.8. The van der Waals surface area contributed by atoms with Gasteiger partial charge in [0.1, 0.15) is 19.3 Å². The van der Waals surface area contributed by atoms with E-state index in [0.29, 0.717) is 31.6 Å². The standard InChI is InChI=1S/C85H166O17P2/c1-9-78(8)64-56-48-40-31-27-23-19-15-11-13-17-21-25-29-33-42-51-59-67-84(89)101-80(71-95-82(87)65-57-49-41-32-28-24-20-16-12-10-14-18-22-26-30-37-45-53-61-75(2)3)73-99-103(91,92)97-69-79(86)70-98-104(93,94)100-74-81(72-96-83(88)66-58-50-44-36-39-47-55-63-77(6)7)102-85(90)68-60-52-43-35-34-38-46-54-62-76(4)5/h75-81,86H,9-74H2,1-8H3,(H,91,92)(H,93,94)/t78?,79?,80-,81-/m1/s1. The Kier molecular flexibility index (Phi) is 72.5. The van der Waals surface area contributed by atoms with Crippen LogP contribution in [0.5, 0.6) is 0 Å². The van der Waals surface area contributed by atoms with Gasteiger partial charge in [0, 0.05) is 25.7 Å². The number of hydrogen-bond donors (Lipinski definition) is 3. The molecule has 0 rings (SSSR count). The van der Waals surface area contributed by atoms with Crippen LogP contribution in [0, 0.1) is 23.7 Å². The minimum atomic E-state index is -4.97. The Labute approximate surface area is 638 Å². The summed E-state index contributed by atoms with van der Waals surface area (Å²) in [5.41, 5.74) is 0. The van der Waals surface area contributed by atoms with E-state index in [1.165, 1.54) is 238 Å². The van der Waals surface area contributed by atoms with Crippen LogP contribution < -0.4 is 0 Å². The second kappa shape index (κ2) is 73.8. The summed E-state index contributed by atoms with van der Waals surface area (Å²) in [5.74, 6) is 1.00. The summed E-state index contributed by atoms with van der Waals surface area (Å²) in [4.78, 5) is 73.1. The molecule has 17 nitrogen and oxygen atoms in total. The molecule has 0 radical (unpaired) electrons. The summed E-state index contributed by atoms with van der Waals surface area (Å²) >= 11 is 0. The lowest BCUT2D eigenvalue weighted by molar-refractivity contribution is -0.161. The number of aliphatic hydroxyl groups excluding tert-OH is 1. The number of unbranched alkanes of at least 4 members (excludes halogenated alkanes) is 47. The largest absolute Gasteiger partial charge is 0.472 e. The lowest BCUT2D eigenvalue weighted by Gasteiger charge is -2.21. The zero-order valence-corrected chi connectivity index (χ0v) is 70.5. The van der Waals surface area contributed by atoms with Gasteiger partial charge in [-0.15, -0.1) is 0 Å². The summed E-state index contributed by atoms with van der Waals surface area (Å²) in [7, 11) is -9.92. The van der Waals surface area contributed by atoms with Gasteiger partial charge in [0.25, 0.3) is 0 Å². The number of esters is 4. The van der Waals surface area contributed by atoms with Gasteiger partial charge in [-0.1, -0.05) is 389 Å². The van der Waals surface area contributed by atoms with Crippen molar-refractivity contribution in [2.24, 2.45) is 23.7 Å². The van der Waals surface area contributed by atoms with E-state index in [2.05, 4.69) is 55.4 Å². The third-order valence-electron chi connectivity index (χ3n) is 20.2. The van der Waals surface area contributed by atoms with E-state index in [9.17, 15) is 43.2 Å². The van der Waals surface area contributed by atoms with E-state index in [4.69, 9.17) is 37.0 Å². The molecule has 0 aliphatic rings. The molecule has 0 aromatic rings. The lowest BCUT2D eigenvalue weighted by atomic mass is 9.99. The molecule has 4 unspecified atom stereocenters. The van der Waals surface area contributed by atoms with Gasteiger partial charge in [0.15, 0.2) is 12.2 Å². The van der Waals surface area contributed by atoms with Crippen LogP contribution in [0.2, 0.25) is 0 Å². The quantitative estimate of drug-likeness (QED) is 0.0222. The Morgan fingerprint density at radius 1 is 0.269 bits per heavy atom. The smallest absolute Gasteiger partial charge is 0.462 e. The summed E-state index contributed by atoms with van der Waals surface area (Å²) in [6, 6.07) is 0. The van der Waals surface area contributed by atoms with Gasteiger partial charge in [0.05, 0.1) is 26.4 Å². The first-order valence-electron chi connectivity index (χ1n) is 43.7. The molecule has 104 heavy (non-hydrogen) atoms. The number of ether oxygens (including phenoxy) is 4. The molecular weight excluding hydrogens is 1350 g/mol. The zero-order valence-electron chi connectivity index (χ0n) is 68.7. The molecule has 0 aliphatic carbocycles. The Balaban J connectivity index is 5.19. The summed E-state index contributed by atoms with van der Waals surface area (Å²) < 4.78 is 68.8. The Morgan fingerprint density at radius 2 is 0.462 bits per heavy atom. The van der Waals surface area contributed by atoms with Crippen molar-refractivity contribution in [3.63, 3.8) is 0 Å². The third-order valence-corrected chi connectivity index (χ3v) is 22.1. The molecule has 0 heterocycles. The second-order valence-electron chi connectivity index (χ2n) is 32.2. The highest BCUT2D eigenvalue weighted by atomic mass is 31.2. The number of aliphatic hydroxyl groups is 1. The maximum atomic E-state index is 13.1. The maximum Gasteiger partial charge on any atom is 0.472 e. The maximum absolute atomic E-state index is 13.1. The molecule has 19 heteroatoms. The number of carbonyl (C=O) groups is 4. The van der Waals surface area contributed by atoms with Gasteiger partial charge in [-0.25, -0.2) is 9.13 Å². The normalized spacial score (nSPS) is 14.2. The molecule has 0 aromatic carbocycles. The zero-order chi connectivity index (χ0) is 76.7. The molecule has 3 N–H and O–H groups in total. The van der Waals surface area contributed by atoms with E-state index in [-0.39, 0.29) is 25.7 Å². The van der Waals surface area contributed by atoms with Crippen molar-refractivity contribution >= 4 is 39.5 Å².